The molecule has 2 rings (SSSR count). The molecular formula is C14H13F2NS. The molecule has 2 aromatic carbocycles. The summed E-state index contributed by atoms with van der Waals surface area (Å²) in [6, 6.07) is 10.6. The predicted molar refractivity (Wildman–Crippen MR) is 69.5 cm³/mol. The lowest BCUT2D eigenvalue weighted by atomic mass is 10.1. The van der Waals surface area contributed by atoms with Crippen LogP contribution in [0.25, 0.3) is 0 Å². The maximum absolute atomic E-state index is 13.6. The Bertz CT molecular complexity index is 555. The molecule has 4 heteroatoms. The van der Waals surface area contributed by atoms with Gasteiger partial charge in [0.25, 0.3) is 0 Å². The zero-order valence-electron chi connectivity index (χ0n) is 9.86. The third-order valence-electron chi connectivity index (χ3n) is 2.52. The molecule has 0 amide bonds. The predicted octanol–water partition coefficient (Wildman–Crippen LogP) is 4.14. The van der Waals surface area contributed by atoms with E-state index in [0.29, 0.717) is 10.5 Å². The molecule has 0 aliphatic carbocycles. The highest BCUT2D eigenvalue weighted by Gasteiger charge is 2.11. The van der Waals surface area contributed by atoms with E-state index in [9.17, 15) is 8.78 Å². The Morgan fingerprint density at radius 3 is 2.44 bits per heavy atom. The average Bonchev–Trinajstić information content (AvgIpc) is 2.34. The minimum absolute atomic E-state index is 0.289. The normalized spacial score (nSPS) is 12.4. The van der Waals surface area contributed by atoms with E-state index >= 15 is 0 Å². The van der Waals surface area contributed by atoms with Gasteiger partial charge in [-0.05, 0) is 42.8 Å². The lowest BCUT2D eigenvalue weighted by molar-refractivity contribution is 0.601. The summed E-state index contributed by atoms with van der Waals surface area (Å²) in [7, 11) is 0. The second-order valence-corrected chi connectivity index (χ2v) is 5.09. The maximum atomic E-state index is 13.6. The van der Waals surface area contributed by atoms with Crippen molar-refractivity contribution in [3.05, 3.63) is 59.7 Å². The van der Waals surface area contributed by atoms with Crippen LogP contribution in [0.4, 0.5) is 8.78 Å². The van der Waals surface area contributed by atoms with Crippen LogP contribution in [0.1, 0.15) is 18.5 Å². The van der Waals surface area contributed by atoms with Crippen LogP contribution >= 0.6 is 11.8 Å². The zero-order chi connectivity index (χ0) is 13.1. The van der Waals surface area contributed by atoms with Crippen molar-refractivity contribution < 1.29 is 8.78 Å². The molecule has 0 saturated heterocycles. The molecule has 0 unspecified atom stereocenters. The van der Waals surface area contributed by atoms with Crippen LogP contribution in [0.3, 0.4) is 0 Å². The molecule has 0 aromatic heterocycles. The molecule has 0 aliphatic heterocycles. The zero-order valence-corrected chi connectivity index (χ0v) is 10.7. The maximum Gasteiger partial charge on any atom is 0.137 e. The van der Waals surface area contributed by atoms with Crippen molar-refractivity contribution in [1.82, 2.24) is 0 Å². The van der Waals surface area contributed by atoms with Gasteiger partial charge in [-0.1, -0.05) is 23.9 Å². The first-order valence-corrected chi connectivity index (χ1v) is 6.37. The van der Waals surface area contributed by atoms with Crippen molar-refractivity contribution in [3.63, 3.8) is 0 Å². The van der Waals surface area contributed by atoms with Crippen molar-refractivity contribution in [2.24, 2.45) is 5.73 Å². The average molecular weight is 265 g/mol. The van der Waals surface area contributed by atoms with E-state index in [1.54, 1.807) is 31.2 Å². The first kappa shape index (κ1) is 13.1. The summed E-state index contributed by atoms with van der Waals surface area (Å²) in [5, 5.41) is 0. The first-order chi connectivity index (χ1) is 8.58. The largest absolute Gasteiger partial charge is 0.324 e. The highest BCUT2D eigenvalue weighted by molar-refractivity contribution is 7.99. The number of nitrogens with two attached hydrogens (primary N) is 1. The molecule has 0 radical (unpaired) electrons. The molecule has 2 aromatic rings. The van der Waals surface area contributed by atoms with Crippen LogP contribution < -0.4 is 5.73 Å². The van der Waals surface area contributed by atoms with Crippen LogP contribution in [-0.4, -0.2) is 0 Å². The topological polar surface area (TPSA) is 26.0 Å². The molecule has 94 valence electrons. The fourth-order valence-corrected chi connectivity index (χ4v) is 2.66. The third-order valence-corrected chi connectivity index (χ3v) is 3.66. The van der Waals surface area contributed by atoms with Gasteiger partial charge >= 0.3 is 0 Å². The summed E-state index contributed by atoms with van der Waals surface area (Å²) >= 11 is 1.26. The Kier molecular flexibility index (Phi) is 3.99. The molecule has 0 spiro atoms. The summed E-state index contributed by atoms with van der Waals surface area (Å²) in [5.41, 5.74) is 6.48. The second-order valence-electron chi connectivity index (χ2n) is 4.00. The molecule has 0 bridgehead atoms. The van der Waals surface area contributed by atoms with Gasteiger partial charge in [0.15, 0.2) is 0 Å². The molecule has 1 nitrogen and oxygen atoms in total. The minimum atomic E-state index is -0.333. The molecule has 1 atom stereocenters. The summed E-state index contributed by atoms with van der Waals surface area (Å²) < 4.78 is 26.7. The van der Waals surface area contributed by atoms with E-state index in [1.165, 1.54) is 30.0 Å². The highest BCUT2D eigenvalue weighted by atomic mass is 32.2. The van der Waals surface area contributed by atoms with Gasteiger partial charge < -0.3 is 5.73 Å². The van der Waals surface area contributed by atoms with E-state index in [-0.39, 0.29) is 17.7 Å². The van der Waals surface area contributed by atoms with Gasteiger partial charge in [0, 0.05) is 15.8 Å². The van der Waals surface area contributed by atoms with Crippen LogP contribution in [-0.2, 0) is 0 Å². The number of hydrogen-bond donors (Lipinski definition) is 1. The Morgan fingerprint density at radius 2 is 1.78 bits per heavy atom. The third kappa shape index (κ3) is 2.89. The molecule has 0 fully saturated rings. The highest BCUT2D eigenvalue weighted by Crippen LogP contribution is 2.34. The summed E-state index contributed by atoms with van der Waals surface area (Å²) in [6.45, 7) is 1.78. The van der Waals surface area contributed by atoms with E-state index in [1.807, 2.05) is 0 Å². The van der Waals surface area contributed by atoms with E-state index in [4.69, 9.17) is 5.73 Å². The number of benzene rings is 2. The number of halogens is 2. The fourth-order valence-electron chi connectivity index (χ4n) is 1.61. The van der Waals surface area contributed by atoms with E-state index in [2.05, 4.69) is 0 Å². The van der Waals surface area contributed by atoms with E-state index < -0.39 is 0 Å². The van der Waals surface area contributed by atoms with Gasteiger partial charge in [0.2, 0.25) is 0 Å². The molecule has 18 heavy (non-hydrogen) atoms. The van der Waals surface area contributed by atoms with Crippen LogP contribution in [0, 0.1) is 11.6 Å². The summed E-state index contributed by atoms with van der Waals surface area (Å²) in [4.78, 5) is 1.28. The quantitative estimate of drug-likeness (QED) is 0.902. The molecule has 0 heterocycles. The SMILES string of the molecule is C[C@@H](N)c1cc(F)ccc1Sc1ccccc1F. The standard InChI is InChI=1S/C14H13F2NS/c1-9(17)11-8-10(15)6-7-13(11)18-14-5-3-2-4-12(14)16/h2-9H,17H2,1H3/t9-/m1/s1. The second kappa shape index (κ2) is 5.50. The number of hydrogen-bond acceptors (Lipinski definition) is 2. The molecule has 0 saturated carbocycles. The van der Waals surface area contributed by atoms with Crippen molar-refractivity contribution in [3.8, 4) is 0 Å². The number of rotatable bonds is 3. The summed E-state index contributed by atoms with van der Waals surface area (Å²) in [5.74, 6) is -0.623. The van der Waals surface area contributed by atoms with Crippen molar-refractivity contribution in [2.45, 2.75) is 22.8 Å². The van der Waals surface area contributed by atoms with Crippen molar-refractivity contribution in [1.29, 1.82) is 0 Å². The first-order valence-electron chi connectivity index (χ1n) is 5.55. The minimum Gasteiger partial charge on any atom is -0.324 e. The Hall–Kier alpha value is -1.39. The van der Waals surface area contributed by atoms with Crippen LogP contribution in [0.2, 0.25) is 0 Å². The van der Waals surface area contributed by atoms with Gasteiger partial charge in [0.1, 0.15) is 11.6 Å². The van der Waals surface area contributed by atoms with Crippen LogP contribution in [0.5, 0.6) is 0 Å². The monoisotopic (exact) mass is 265 g/mol. The van der Waals surface area contributed by atoms with Gasteiger partial charge in [-0.3, -0.25) is 0 Å². The molecular weight excluding hydrogens is 252 g/mol. The fraction of sp³-hybridized carbons (Fsp3) is 0.143. The smallest absolute Gasteiger partial charge is 0.137 e. The van der Waals surface area contributed by atoms with Crippen molar-refractivity contribution >= 4 is 11.8 Å². The molecule has 0 aliphatic rings. The van der Waals surface area contributed by atoms with E-state index in [0.717, 1.165) is 4.90 Å². The van der Waals surface area contributed by atoms with Gasteiger partial charge in [0.05, 0.1) is 0 Å². The molecule has 2 N–H and O–H groups in total. The Morgan fingerprint density at radius 1 is 1.06 bits per heavy atom. The lowest BCUT2D eigenvalue weighted by Gasteiger charge is -2.12. The van der Waals surface area contributed by atoms with Crippen molar-refractivity contribution in [2.75, 3.05) is 0 Å². The summed E-state index contributed by atoms with van der Waals surface area (Å²) in [6.07, 6.45) is 0. The van der Waals surface area contributed by atoms with Gasteiger partial charge in [-0.25, -0.2) is 8.78 Å². The Balaban J connectivity index is 2.37. The van der Waals surface area contributed by atoms with Crippen LogP contribution in [0.15, 0.2) is 52.3 Å². The van der Waals surface area contributed by atoms with Gasteiger partial charge in [-0.2, -0.15) is 0 Å². The lowest BCUT2D eigenvalue weighted by Crippen LogP contribution is -2.06. The van der Waals surface area contributed by atoms with Gasteiger partial charge in [-0.15, -0.1) is 0 Å². The Labute approximate surface area is 109 Å².